The average molecular weight is 281 g/mol. The first kappa shape index (κ1) is 13.0. The summed E-state index contributed by atoms with van der Waals surface area (Å²) in [6.07, 6.45) is 1.80. The molecule has 0 aliphatic carbocycles. The number of pyridine rings is 1. The molecule has 4 heteroatoms. The molecule has 0 saturated carbocycles. The second-order valence-electron chi connectivity index (χ2n) is 4.53. The van der Waals surface area contributed by atoms with Crippen LogP contribution in [0.1, 0.15) is 10.4 Å². The lowest BCUT2D eigenvalue weighted by atomic mass is 10.1. The molecule has 0 saturated heterocycles. The van der Waals surface area contributed by atoms with Gasteiger partial charge in [0.1, 0.15) is 10.7 Å². The minimum Gasteiger partial charge on any atom is -0.326 e. The molecule has 0 radical (unpaired) electrons. The number of benzene rings is 1. The van der Waals surface area contributed by atoms with Crippen molar-refractivity contribution < 1.29 is 0 Å². The summed E-state index contributed by atoms with van der Waals surface area (Å²) in [4.78, 5) is 10.3. The van der Waals surface area contributed by atoms with E-state index < -0.39 is 0 Å². The molecular weight excluding hydrogens is 266 g/mol. The first-order chi connectivity index (χ1) is 9.79. The van der Waals surface area contributed by atoms with E-state index in [1.54, 1.807) is 17.5 Å². The van der Waals surface area contributed by atoms with Crippen molar-refractivity contribution in [2.75, 3.05) is 0 Å². The van der Waals surface area contributed by atoms with Crippen LogP contribution in [0.3, 0.4) is 0 Å². The summed E-state index contributed by atoms with van der Waals surface area (Å²) >= 11 is 1.62. The van der Waals surface area contributed by atoms with Crippen LogP contribution < -0.4 is 5.73 Å². The maximum Gasteiger partial charge on any atom is 0.143 e. The molecule has 0 aliphatic rings. The van der Waals surface area contributed by atoms with Gasteiger partial charge >= 0.3 is 0 Å². The highest BCUT2D eigenvalue weighted by atomic mass is 32.1. The summed E-state index contributed by atoms with van der Waals surface area (Å²) < 4.78 is 0. The van der Waals surface area contributed by atoms with Gasteiger partial charge in [0.25, 0.3) is 0 Å². The molecule has 0 aliphatic heterocycles. The second kappa shape index (κ2) is 5.53. The van der Waals surface area contributed by atoms with Crippen LogP contribution in [-0.4, -0.2) is 9.97 Å². The van der Waals surface area contributed by atoms with E-state index in [1.807, 2.05) is 37.3 Å². The number of nitrogens with two attached hydrogens (primary N) is 1. The van der Waals surface area contributed by atoms with E-state index in [9.17, 15) is 0 Å². The van der Waals surface area contributed by atoms with E-state index in [1.165, 1.54) is 0 Å². The molecule has 0 spiro atoms. The van der Waals surface area contributed by atoms with Crippen LogP contribution in [0.25, 0.3) is 22.0 Å². The summed E-state index contributed by atoms with van der Waals surface area (Å²) in [6.45, 7) is 2.54. The average Bonchev–Trinajstić information content (AvgIpc) is 2.92. The molecular formula is C16H15N3S. The van der Waals surface area contributed by atoms with Crippen LogP contribution in [0.4, 0.5) is 0 Å². The Morgan fingerprint density at radius 3 is 2.55 bits per heavy atom. The number of hydrogen-bond donors (Lipinski definition) is 1. The zero-order valence-electron chi connectivity index (χ0n) is 11.2. The number of thiazole rings is 1. The summed E-state index contributed by atoms with van der Waals surface area (Å²) in [7, 11) is 0. The highest BCUT2D eigenvalue weighted by molar-refractivity contribution is 7.15. The number of nitrogens with zero attached hydrogens (tertiary/aromatic N) is 2. The molecule has 0 fully saturated rings. The van der Waals surface area contributed by atoms with Crippen molar-refractivity contribution >= 4 is 11.3 Å². The van der Waals surface area contributed by atoms with Crippen LogP contribution >= 0.6 is 11.3 Å². The van der Waals surface area contributed by atoms with Crippen LogP contribution in [0.15, 0.2) is 48.7 Å². The number of aryl methyl sites for hydroxylation is 1. The SMILES string of the molecule is Cc1cccnc1-c1nc(-c2ccccc2)c(CN)s1. The first-order valence-electron chi connectivity index (χ1n) is 6.47. The van der Waals surface area contributed by atoms with Crippen molar-refractivity contribution in [3.05, 3.63) is 59.1 Å². The molecule has 2 aromatic heterocycles. The third-order valence-electron chi connectivity index (χ3n) is 3.14. The van der Waals surface area contributed by atoms with Crippen molar-refractivity contribution in [3.63, 3.8) is 0 Å². The van der Waals surface area contributed by atoms with Crippen molar-refractivity contribution in [3.8, 4) is 22.0 Å². The number of rotatable bonds is 3. The Hall–Kier alpha value is -2.04. The molecule has 100 valence electrons. The van der Waals surface area contributed by atoms with E-state index in [0.29, 0.717) is 6.54 Å². The van der Waals surface area contributed by atoms with Gasteiger partial charge in [-0.3, -0.25) is 4.98 Å². The Balaban J connectivity index is 2.13. The van der Waals surface area contributed by atoms with E-state index in [4.69, 9.17) is 10.7 Å². The predicted molar refractivity (Wildman–Crippen MR) is 83.4 cm³/mol. The lowest BCUT2D eigenvalue weighted by Crippen LogP contribution is -1.95. The molecule has 2 heterocycles. The highest BCUT2D eigenvalue weighted by Gasteiger charge is 2.14. The van der Waals surface area contributed by atoms with E-state index in [-0.39, 0.29) is 0 Å². The Labute approximate surface area is 122 Å². The molecule has 3 rings (SSSR count). The van der Waals surface area contributed by atoms with Gasteiger partial charge in [0.15, 0.2) is 0 Å². The molecule has 2 N–H and O–H groups in total. The predicted octanol–water partition coefficient (Wildman–Crippen LogP) is 3.64. The van der Waals surface area contributed by atoms with Crippen molar-refractivity contribution in [1.29, 1.82) is 0 Å². The Bertz CT molecular complexity index is 720. The number of hydrogen-bond acceptors (Lipinski definition) is 4. The van der Waals surface area contributed by atoms with E-state index >= 15 is 0 Å². The van der Waals surface area contributed by atoms with Crippen LogP contribution in [0.5, 0.6) is 0 Å². The van der Waals surface area contributed by atoms with Crippen molar-refractivity contribution in [2.24, 2.45) is 5.73 Å². The van der Waals surface area contributed by atoms with Gasteiger partial charge in [0, 0.05) is 23.2 Å². The summed E-state index contributed by atoms with van der Waals surface area (Å²) in [5.41, 5.74) is 10.0. The molecule has 0 amide bonds. The zero-order chi connectivity index (χ0) is 13.9. The van der Waals surface area contributed by atoms with Gasteiger partial charge in [0.05, 0.1) is 5.69 Å². The van der Waals surface area contributed by atoms with E-state index in [0.717, 1.165) is 32.4 Å². The highest BCUT2D eigenvalue weighted by Crippen LogP contribution is 2.33. The van der Waals surface area contributed by atoms with Gasteiger partial charge < -0.3 is 5.73 Å². The molecule has 0 bridgehead atoms. The normalized spacial score (nSPS) is 10.7. The third kappa shape index (κ3) is 2.35. The molecule has 3 nitrogen and oxygen atoms in total. The van der Waals surface area contributed by atoms with Gasteiger partial charge in [-0.05, 0) is 18.6 Å². The molecule has 0 unspecified atom stereocenters. The largest absolute Gasteiger partial charge is 0.326 e. The standard InChI is InChI=1S/C16H15N3S/c1-11-6-5-9-18-14(11)16-19-15(13(10-17)20-16)12-7-3-2-4-8-12/h2-9H,10,17H2,1H3. The van der Waals surface area contributed by atoms with Crippen LogP contribution in [0, 0.1) is 6.92 Å². The quantitative estimate of drug-likeness (QED) is 0.797. The second-order valence-corrected chi connectivity index (χ2v) is 5.61. The maximum atomic E-state index is 5.87. The van der Waals surface area contributed by atoms with Crippen LogP contribution in [0.2, 0.25) is 0 Å². The van der Waals surface area contributed by atoms with Gasteiger partial charge in [-0.15, -0.1) is 11.3 Å². The topological polar surface area (TPSA) is 51.8 Å². The minimum absolute atomic E-state index is 0.494. The van der Waals surface area contributed by atoms with Crippen molar-refractivity contribution in [2.45, 2.75) is 13.5 Å². The van der Waals surface area contributed by atoms with Gasteiger partial charge in [0.2, 0.25) is 0 Å². The fourth-order valence-electron chi connectivity index (χ4n) is 2.12. The molecule has 1 aromatic carbocycles. The van der Waals surface area contributed by atoms with Gasteiger partial charge in [-0.2, -0.15) is 0 Å². The lowest BCUT2D eigenvalue weighted by molar-refractivity contribution is 1.10. The minimum atomic E-state index is 0.494. The Morgan fingerprint density at radius 1 is 1.05 bits per heavy atom. The molecule has 0 atom stereocenters. The fourth-order valence-corrected chi connectivity index (χ4v) is 3.15. The summed E-state index contributed by atoms with van der Waals surface area (Å²) in [5, 5.41) is 0.933. The Kier molecular flexibility index (Phi) is 3.58. The third-order valence-corrected chi connectivity index (χ3v) is 4.23. The van der Waals surface area contributed by atoms with Gasteiger partial charge in [-0.1, -0.05) is 36.4 Å². The van der Waals surface area contributed by atoms with E-state index in [2.05, 4.69) is 17.1 Å². The number of aromatic nitrogens is 2. The fraction of sp³-hybridized carbons (Fsp3) is 0.125. The first-order valence-corrected chi connectivity index (χ1v) is 7.28. The lowest BCUT2D eigenvalue weighted by Gasteiger charge is -1.99. The van der Waals surface area contributed by atoms with Gasteiger partial charge in [-0.25, -0.2) is 4.98 Å². The Morgan fingerprint density at radius 2 is 1.85 bits per heavy atom. The summed E-state index contributed by atoms with van der Waals surface area (Å²) in [5.74, 6) is 0. The zero-order valence-corrected chi connectivity index (χ0v) is 12.0. The summed E-state index contributed by atoms with van der Waals surface area (Å²) in [6, 6.07) is 14.1. The molecule has 3 aromatic rings. The van der Waals surface area contributed by atoms with Crippen LogP contribution in [-0.2, 0) is 6.54 Å². The maximum absolute atomic E-state index is 5.87. The molecule has 20 heavy (non-hydrogen) atoms. The monoisotopic (exact) mass is 281 g/mol. The van der Waals surface area contributed by atoms with Crippen molar-refractivity contribution in [1.82, 2.24) is 9.97 Å². The smallest absolute Gasteiger partial charge is 0.143 e.